The number of benzene rings is 2. The number of hydrogen-bond acceptors (Lipinski definition) is 4. The maximum Gasteiger partial charge on any atom is 0.321 e. The highest BCUT2D eigenvalue weighted by Gasteiger charge is 2.32. The number of urea groups is 1. The zero-order chi connectivity index (χ0) is 22.8. The van der Waals surface area contributed by atoms with Crippen LogP contribution in [0.25, 0.3) is 0 Å². The highest BCUT2D eigenvalue weighted by atomic mass is 35.5. The van der Waals surface area contributed by atoms with Gasteiger partial charge in [-0.25, -0.2) is 9.79 Å². The van der Waals surface area contributed by atoms with Gasteiger partial charge in [0.2, 0.25) is 6.17 Å². The molecule has 180 valence electrons. The Morgan fingerprint density at radius 3 is 2.50 bits per heavy atom. The van der Waals surface area contributed by atoms with E-state index in [2.05, 4.69) is 21.6 Å². The summed E-state index contributed by atoms with van der Waals surface area (Å²) in [6.07, 6.45) is 6.91. The third-order valence-electron chi connectivity index (χ3n) is 6.85. The number of nitrogens with one attached hydrogen (secondary N) is 2. The van der Waals surface area contributed by atoms with E-state index in [0.717, 1.165) is 68.0 Å². The lowest BCUT2D eigenvalue weighted by Crippen LogP contribution is -2.47. The topological polar surface area (TPSA) is 77.0 Å². The fourth-order valence-corrected chi connectivity index (χ4v) is 5.07. The molecule has 1 atom stereocenters. The van der Waals surface area contributed by atoms with Crippen molar-refractivity contribution in [2.45, 2.75) is 51.1 Å². The average Bonchev–Trinajstić information content (AvgIpc) is 3.08. The lowest BCUT2D eigenvalue weighted by atomic mass is 10.1. The number of anilines is 2. The van der Waals surface area contributed by atoms with E-state index in [1.807, 2.05) is 36.4 Å². The minimum Gasteiger partial charge on any atom is -0.356 e. The number of nitrogens with zero attached hydrogens (tertiary/aromatic N) is 3. The second-order valence-electron chi connectivity index (χ2n) is 9.11. The van der Waals surface area contributed by atoms with E-state index in [0.29, 0.717) is 0 Å². The van der Waals surface area contributed by atoms with Crippen molar-refractivity contribution in [3.63, 3.8) is 0 Å². The molecule has 0 bridgehead atoms. The Kier molecular flexibility index (Phi) is 7.41. The Morgan fingerprint density at radius 1 is 0.971 bits per heavy atom. The van der Waals surface area contributed by atoms with Crippen LogP contribution in [0.15, 0.2) is 47.5 Å². The predicted molar refractivity (Wildman–Crippen MR) is 138 cm³/mol. The van der Waals surface area contributed by atoms with E-state index >= 15 is 0 Å². The Balaban J connectivity index is 0.00000274. The van der Waals surface area contributed by atoms with Crippen molar-refractivity contribution >= 4 is 41.6 Å². The molecule has 2 N–H and O–H groups in total. The number of aliphatic imine (C=N–C) groups is 1. The number of amides is 3. The maximum absolute atomic E-state index is 13.3. The molecule has 3 aliphatic rings. The number of carbonyl (C=O) groups excluding carboxylic acids is 2. The largest absolute Gasteiger partial charge is 0.356 e. The van der Waals surface area contributed by atoms with Gasteiger partial charge in [0.25, 0.3) is 5.91 Å². The van der Waals surface area contributed by atoms with Crippen molar-refractivity contribution < 1.29 is 9.59 Å². The maximum atomic E-state index is 13.3. The molecule has 0 radical (unpaired) electrons. The smallest absolute Gasteiger partial charge is 0.321 e. The van der Waals surface area contributed by atoms with E-state index < -0.39 is 12.2 Å². The monoisotopic (exact) mass is 481 g/mol. The summed E-state index contributed by atoms with van der Waals surface area (Å²) in [5.74, 6) is 0.532. The van der Waals surface area contributed by atoms with E-state index in [4.69, 9.17) is 4.99 Å². The summed E-state index contributed by atoms with van der Waals surface area (Å²) in [5.41, 5.74) is 5.12. The van der Waals surface area contributed by atoms with Crippen LogP contribution in [0.2, 0.25) is 0 Å². The molecule has 3 amide bonds. The molecule has 8 heteroatoms. The molecule has 0 aromatic heterocycles. The van der Waals surface area contributed by atoms with Crippen molar-refractivity contribution in [3.8, 4) is 0 Å². The van der Waals surface area contributed by atoms with Gasteiger partial charge in [0.1, 0.15) is 5.84 Å². The molecule has 2 heterocycles. The van der Waals surface area contributed by atoms with Crippen molar-refractivity contribution in [1.82, 2.24) is 10.2 Å². The number of benzodiazepines with no additional fused rings is 1. The summed E-state index contributed by atoms with van der Waals surface area (Å²) in [4.78, 5) is 34.9. The number of aryl methyl sites for hydroxylation is 2. The second-order valence-corrected chi connectivity index (χ2v) is 9.11. The van der Waals surface area contributed by atoms with Gasteiger partial charge in [-0.2, -0.15) is 0 Å². The Hall–Kier alpha value is -3.06. The van der Waals surface area contributed by atoms with Crippen molar-refractivity contribution in [3.05, 3.63) is 59.2 Å². The summed E-state index contributed by atoms with van der Waals surface area (Å²) in [7, 11) is 1.75. The van der Waals surface area contributed by atoms with Gasteiger partial charge in [-0.3, -0.25) is 4.79 Å². The molecule has 34 heavy (non-hydrogen) atoms. The number of fused-ring (bicyclic) bond motifs is 2. The van der Waals surface area contributed by atoms with E-state index in [1.165, 1.54) is 24.0 Å². The van der Waals surface area contributed by atoms with Gasteiger partial charge in [-0.15, -0.1) is 12.4 Å². The van der Waals surface area contributed by atoms with Gasteiger partial charge in [-0.1, -0.05) is 31.0 Å². The molecule has 7 nitrogen and oxygen atoms in total. The third kappa shape index (κ3) is 4.89. The molecule has 1 unspecified atom stereocenters. The summed E-state index contributed by atoms with van der Waals surface area (Å²) in [6.45, 7) is 1.80. The van der Waals surface area contributed by atoms with Gasteiger partial charge < -0.3 is 20.4 Å². The zero-order valence-corrected chi connectivity index (χ0v) is 20.4. The molecule has 2 aromatic rings. The Bertz CT molecular complexity index is 1090. The SMILES string of the molecule is CN1C(=O)C(NC(=O)Nc2ccc3c(c2)CCC3)N=C(N2CCCCCC2)c2ccccc21.Cl. The third-order valence-corrected chi connectivity index (χ3v) is 6.85. The van der Waals surface area contributed by atoms with Crippen molar-refractivity contribution in [2.75, 3.05) is 30.4 Å². The first-order valence-electron chi connectivity index (χ1n) is 12.0. The molecule has 2 aromatic carbocycles. The summed E-state index contributed by atoms with van der Waals surface area (Å²) in [5, 5.41) is 5.72. The first-order valence-corrected chi connectivity index (χ1v) is 12.0. The number of likely N-dealkylation sites (tertiary alicyclic amines) is 1. The zero-order valence-electron chi connectivity index (χ0n) is 19.5. The first-order chi connectivity index (χ1) is 16.1. The number of para-hydroxylation sites is 1. The van der Waals surface area contributed by atoms with Gasteiger partial charge >= 0.3 is 6.03 Å². The van der Waals surface area contributed by atoms with Crippen LogP contribution >= 0.6 is 12.4 Å². The lowest BCUT2D eigenvalue weighted by Gasteiger charge is -2.26. The quantitative estimate of drug-likeness (QED) is 0.669. The van der Waals surface area contributed by atoms with Crippen molar-refractivity contribution in [2.24, 2.45) is 4.99 Å². The molecule has 1 fully saturated rings. The lowest BCUT2D eigenvalue weighted by molar-refractivity contribution is -0.119. The minimum absolute atomic E-state index is 0. The number of amidine groups is 1. The highest BCUT2D eigenvalue weighted by Crippen LogP contribution is 2.27. The first kappa shape index (κ1) is 24.1. The number of hydrogen-bond donors (Lipinski definition) is 2. The molecular formula is C26H32ClN5O2. The standard InChI is InChI=1S/C26H31N5O2.ClH/c1-30-22-12-5-4-11-21(22)24(31-15-6-2-3-7-16-31)28-23(25(30)32)29-26(33)27-20-14-13-18-9-8-10-19(18)17-20;/h4-5,11-14,17,23H,2-3,6-10,15-16H2,1H3,(H2,27,29,33);1H. The van der Waals surface area contributed by atoms with Crippen LogP contribution in [0.4, 0.5) is 16.2 Å². The molecule has 0 spiro atoms. The van der Waals surface area contributed by atoms with Crippen LogP contribution in [0.1, 0.15) is 48.8 Å². The Labute approximate surface area is 207 Å². The summed E-state index contributed by atoms with van der Waals surface area (Å²) < 4.78 is 0. The molecule has 0 saturated carbocycles. The number of carbonyl (C=O) groups is 2. The number of halogens is 1. The van der Waals surface area contributed by atoms with Crippen LogP contribution in [0.3, 0.4) is 0 Å². The predicted octanol–water partition coefficient (Wildman–Crippen LogP) is 4.34. The number of rotatable bonds is 2. The molecule has 5 rings (SSSR count). The van der Waals surface area contributed by atoms with Crippen LogP contribution in [-0.4, -0.2) is 49.0 Å². The fraction of sp³-hybridized carbons (Fsp3) is 0.423. The number of likely N-dealkylation sites (N-methyl/N-ethyl adjacent to an activating group) is 1. The van der Waals surface area contributed by atoms with Crippen LogP contribution in [-0.2, 0) is 17.6 Å². The molecule has 1 saturated heterocycles. The average molecular weight is 482 g/mol. The van der Waals surface area contributed by atoms with Gasteiger partial charge in [0.05, 0.1) is 5.69 Å². The highest BCUT2D eigenvalue weighted by molar-refractivity contribution is 6.12. The van der Waals surface area contributed by atoms with Crippen LogP contribution in [0, 0.1) is 0 Å². The van der Waals surface area contributed by atoms with E-state index in [-0.39, 0.29) is 18.3 Å². The second kappa shape index (κ2) is 10.5. The fourth-order valence-electron chi connectivity index (χ4n) is 5.07. The molecule has 1 aliphatic carbocycles. The van der Waals surface area contributed by atoms with E-state index in [1.54, 1.807) is 11.9 Å². The minimum atomic E-state index is -0.991. The van der Waals surface area contributed by atoms with Crippen LogP contribution in [0.5, 0.6) is 0 Å². The van der Waals surface area contributed by atoms with Crippen LogP contribution < -0.4 is 15.5 Å². The Morgan fingerprint density at radius 2 is 1.71 bits per heavy atom. The molecular weight excluding hydrogens is 450 g/mol. The summed E-state index contributed by atoms with van der Waals surface area (Å²) >= 11 is 0. The normalized spacial score (nSPS) is 19.7. The van der Waals surface area contributed by atoms with Gasteiger partial charge in [0.15, 0.2) is 0 Å². The molecule has 2 aliphatic heterocycles. The van der Waals surface area contributed by atoms with Crippen molar-refractivity contribution in [1.29, 1.82) is 0 Å². The summed E-state index contributed by atoms with van der Waals surface area (Å²) in [6, 6.07) is 13.5. The van der Waals surface area contributed by atoms with Gasteiger partial charge in [0, 0.05) is 31.4 Å². The van der Waals surface area contributed by atoms with Gasteiger partial charge in [-0.05, 0) is 67.5 Å². The van der Waals surface area contributed by atoms with E-state index in [9.17, 15) is 9.59 Å².